The van der Waals surface area contributed by atoms with Crippen molar-refractivity contribution in [3.05, 3.63) is 70.7 Å². The molecule has 7 nitrogen and oxygen atoms in total. The van der Waals surface area contributed by atoms with E-state index < -0.39 is 23.7 Å². The molecule has 0 spiro atoms. The van der Waals surface area contributed by atoms with Crippen LogP contribution in [0.3, 0.4) is 0 Å². The number of amides is 4. The van der Waals surface area contributed by atoms with E-state index in [0.717, 1.165) is 12.1 Å². The van der Waals surface area contributed by atoms with Crippen molar-refractivity contribution < 1.29 is 27.6 Å². The number of carbonyl (C=O) groups excluding carboxylic acids is 3. The van der Waals surface area contributed by atoms with Crippen LogP contribution in [-0.2, 0) is 10.3 Å². The smallest absolute Gasteiger partial charge is 0.336 e. The first-order valence-electron chi connectivity index (χ1n) is 10.2. The molecule has 1 N–H and O–H groups in total. The SMILES string of the molecule is O=C(c1ccc(Cl)cc1)N1CCN(CN2C(=O)NC(c3ccccc3)(C(F)(F)F)C2=O)CC1. The zero-order valence-corrected chi connectivity index (χ0v) is 18.1. The third-order valence-corrected chi connectivity index (χ3v) is 6.08. The van der Waals surface area contributed by atoms with E-state index >= 15 is 0 Å². The van der Waals surface area contributed by atoms with Gasteiger partial charge in [0.1, 0.15) is 0 Å². The first kappa shape index (κ1) is 23.1. The molecule has 2 aliphatic rings. The molecule has 2 fully saturated rings. The van der Waals surface area contributed by atoms with Crippen LogP contribution in [0.4, 0.5) is 18.0 Å². The van der Waals surface area contributed by atoms with Crippen LogP contribution in [0.15, 0.2) is 54.6 Å². The standard InChI is InChI=1S/C22H20ClF3N4O3/c23-17-8-6-15(7-9-17)18(31)29-12-10-28(11-13-29)14-30-19(32)21(22(24,25)26,27-20(30)33)16-4-2-1-3-5-16/h1-9H,10-14H2,(H,27,33). The molecular weight excluding hydrogens is 461 g/mol. The molecule has 0 aromatic heterocycles. The first-order chi connectivity index (χ1) is 15.6. The molecule has 0 aliphatic carbocycles. The van der Waals surface area contributed by atoms with Crippen molar-refractivity contribution in [3.8, 4) is 0 Å². The van der Waals surface area contributed by atoms with Gasteiger partial charge >= 0.3 is 12.2 Å². The summed E-state index contributed by atoms with van der Waals surface area (Å²) in [6.45, 7) is 0.877. The van der Waals surface area contributed by atoms with Gasteiger partial charge in [0.2, 0.25) is 5.54 Å². The van der Waals surface area contributed by atoms with Gasteiger partial charge in [0.05, 0.1) is 6.67 Å². The Morgan fingerprint density at radius 1 is 0.970 bits per heavy atom. The van der Waals surface area contributed by atoms with E-state index in [1.54, 1.807) is 34.1 Å². The molecule has 4 rings (SSSR count). The van der Waals surface area contributed by atoms with Crippen molar-refractivity contribution in [2.45, 2.75) is 11.7 Å². The highest BCUT2D eigenvalue weighted by Crippen LogP contribution is 2.43. The summed E-state index contributed by atoms with van der Waals surface area (Å²) in [6.07, 6.45) is -5.03. The van der Waals surface area contributed by atoms with Crippen LogP contribution < -0.4 is 5.32 Å². The molecule has 1 atom stereocenters. The highest BCUT2D eigenvalue weighted by atomic mass is 35.5. The van der Waals surface area contributed by atoms with Gasteiger partial charge in [-0.15, -0.1) is 0 Å². The van der Waals surface area contributed by atoms with Crippen molar-refractivity contribution in [1.82, 2.24) is 20.0 Å². The number of hydrogen-bond acceptors (Lipinski definition) is 4. The number of imide groups is 1. The first-order valence-corrected chi connectivity index (χ1v) is 10.5. The summed E-state index contributed by atoms with van der Waals surface area (Å²) in [6, 6.07) is 12.0. The molecule has 2 aliphatic heterocycles. The van der Waals surface area contributed by atoms with E-state index in [-0.39, 0.29) is 18.1 Å². The summed E-state index contributed by atoms with van der Waals surface area (Å²) in [4.78, 5) is 41.9. The van der Waals surface area contributed by atoms with Gasteiger partial charge in [-0.2, -0.15) is 13.2 Å². The third kappa shape index (κ3) is 4.16. The van der Waals surface area contributed by atoms with E-state index in [2.05, 4.69) is 0 Å². The highest BCUT2D eigenvalue weighted by Gasteiger charge is 2.68. The number of piperazine rings is 1. The number of halogens is 4. The van der Waals surface area contributed by atoms with E-state index in [9.17, 15) is 27.6 Å². The zero-order chi connectivity index (χ0) is 23.8. The molecule has 2 aromatic rings. The molecular formula is C22H20ClF3N4O3. The lowest BCUT2D eigenvalue weighted by Gasteiger charge is -2.36. The van der Waals surface area contributed by atoms with Crippen molar-refractivity contribution in [2.75, 3.05) is 32.8 Å². The molecule has 0 saturated carbocycles. The van der Waals surface area contributed by atoms with Crippen LogP contribution in [0.25, 0.3) is 0 Å². The van der Waals surface area contributed by atoms with Gasteiger partial charge in [-0.25, -0.2) is 9.69 Å². The molecule has 2 aromatic carbocycles. The molecule has 2 heterocycles. The number of carbonyl (C=O) groups is 3. The van der Waals surface area contributed by atoms with Gasteiger partial charge < -0.3 is 10.2 Å². The van der Waals surface area contributed by atoms with Gasteiger partial charge in [0, 0.05) is 36.8 Å². The van der Waals surface area contributed by atoms with E-state index in [0.29, 0.717) is 41.7 Å². The number of benzene rings is 2. The van der Waals surface area contributed by atoms with Gasteiger partial charge in [-0.05, 0) is 29.8 Å². The largest absolute Gasteiger partial charge is 0.425 e. The van der Waals surface area contributed by atoms with Crippen LogP contribution in [0.1, 0.15) is 15.9 Å². The zero-order valence-electron chi connectivity index (χ0n) is 17.3. The molecule has 0 radical (unpaired) electrons. The Hall–Kier alpha value is -3.11. The van der Waals surface area contributed by atoms with Gasteiger partial charge in [-0.3, -0.25) is 14.5 Å². The summed E-state index contributed by atoms with van der Waals surface area (Å²) in [5.41, 5.74) is -3.01. The highest BCUT2D eigenvalue weighted by molar-refractivity contribution is 6.30. The number of nitrogens with one attached hydrogen (secondary N) is 1. The molecule has 33 heavy (non-hydrogen) atoms. The lowest BCUT2D eigenvalue weighted by Crippen LogP contribution is -2.56. The Morgan fingerprint density at radius 3 is 2.15 bits per heavy atom. The third-order valence-electron chi connectivity index (χ3n) is 5.83. The second-order valence-electron chi connectivity index (χ2n) is 7.84. The number of urea groups is 1. The minimum atomic E-state index is -5.03. The molecule has 11 heteroatoms. The van der Waals surface area contributed by atoms with Crippen molar-refractivity contribution in [3.63, 3.8) is 0 Å². The van der Waals surface area contributed by atoms with E-state index in [4.69, 9.17) is 11.6 Å². The minimum Gasteiger partial charge on any atom is -0.336 e. The molecule has 0 bridgehead atoms. The molecule has 1 unspecified atom stereocenters. The van der Waals surface area contributed by atoms with Gasteiger partial charge in [0.25, 0.3) is 11.8 Å². The number of alkyl halides is 3. The Balaban J connectivity index is 1.45. The summed E-state index contributed by atoms with van der Waals surface area (Å²) >= 11 is 5.85. The summed E-state index contributed by atoms with van der Waals surface area (Å²) < 4.78 is 42.2. The fraction of sp³-hybridized carbons (Fsp3) is 0.318. The van der Waals surface area contributed by atoms with Crippen LogP contribution in [0, 0.1) is 0 Å². The predicted molar refractivity (Wildman–Crippen MR) is 113 cm³/mol. The van der Waals surface area contributed by atoms with E-state index in [1.807, 2.05) is 5.32 Å². The van der Waals surface area contributed by atoms with Gasteiger partial charge in [0.15, 0.2) is 0 Å². The lowest BCUT2D eigenvalue weighted by atomic mass is 9.89. The average Bonchev–Trinajstić information content (AvgIpc) is 3.06. The predicted octanol–water partition coefficient (Wildman–Crippen LogP) is 3.06. The van der Waals surface area contributed by atoms with Crippen molar-refractivity contribution in [1.29, 1.82) is 0 Å². The summed E-state index contributed by atoms with van der Waals surface area (Å²) in [5.74, 6) is -1.56. The Kier molecular flexibility index (Phi) is 6.06. The quantitative estimate of drug-likeness (QED) is 0.683. The molecule has 174 valence electrons. The monoisotopic (exact) mass is 480 g/mol. The van der Waals surface area contributed by atoms with Crippen molar-refractivity contribution >= 4 is 29.4 Å². The average molecular weight is 481 g/mol. The maximum absolute atomic E-state index is 14.1. The summed E-state index contributed by atoms with van der Waals surface area (Å²) in [5, 5.41) is 2.39. The number of hydrogen-bond donors (Lipinski definition) is 1. The fourth-order valence-electron chi connectivity index (χ4n) is 4.01. The van der Waals surface area contributed by atoms with Crippen LogP contribution >= 0.6 is 11.6 Å². The molecule has 4 amide bonds. The Labute approximate surface area is 192 Å². The second kappa shape index (κ2) is 8.68. The maximum atomic E-state index is 14.1. The van der Waals surface area contributed by atoms with Gasteiger partial charge in [-0.1, -0.05) is 41.9 Å². The molecule has 2 saturated heterocycles. The Morgan fingerprint density at radius 2 is 1.58 bits per heavy atom. The van der Waals surface area contributed by atoms with Crippen molar-refractivity contribution in [2.24, 2.45) is 0 Å². The minimum absolute atomic E-state index is 0.193. The maximum Gasteiger partial charge on any atom is 0.425 e. The van der Waals surface area contributed by atoms with Crippen LogP contribution in [0.5, 0.6) is 0 Å². The lowest BCUT2D eigenvalue weighted by molar-refractivity contribution is -0.198. The fourth-order valence-corrected chi connectivity index (χ4v) is 4.14. The second-order valence-corrected chi connectivity index (χ2v) is 8.27. The van der Waals surface area contributed by atoms with Crippen LogP contribution in [-0.4, -0.2) is 71.6 Å². The number of nitrogens with zero attached hydrogens (tertiary/aromatic N) is 3. The Bertz CT molecular complexity index is 1060. The topological polar surface area (TPSA) is 73.0 Å². The number of rotatable bonds is 4. The normalized spacial score (nSPS) is 21.9. The van der Waals surface area contributed by atoms with E-state index in [1.165, 1.54) is 18.2 Å². The summed E-state index contributed by atoms with van der Waals surface area (Å²) in [7, 11) is 0. The van der Waals surface area contributed by atoms with Crippen LogP contribution in [0.2, 0.25) is 5.02 Å².